The summed E-state index contributed by atoms with van der Waals surface area (Å²) in [4.78, 5) is 39.0. The van der Waals surface area contributed by atoms with Crippen LogP contribution in [0.1, 0.15) is 35.0 Å². The Morgan fingerprint density at radius 3 is 2.92 bits per heavy atom. The Hall–Kier alpha value is -2.45. The third kappa shape index (κ3) is 3.35. The van der Waals surface area contributed by atoms with Gasteiger partial charge in [0.25, 0.3) is 11.8 Å². The number of fused-ring (bicyclic) bond motifs is 1. The highest BCUT2D eigenvalue weighted by Gasteiger charge is 2.44. The van der Waals surface area contributed by atoms with Crippen LogP contribution in [0.2, 0.25) is 0 Å². The number of hydrogen-bond donors (Lipinski definition) is 1. The van der Waals surface area contributed by atoms with Crippen LogP contribution in [-0.2, 0) is 14.3 Å². The molecule has 2 heterocycles. The van der Waals surface area contributed by atoms with Crippen LogP contribution < -0.4 is 10.1 Å². The smallest absolute Gasteiger partial charge is 0.266 e. The molecule has 1 fully saturated rings. The van der Waals surface area contributed by atoms with Gasteiger partial charge in [-0.3, -0.25) is 19.3 Å². The summed E-state index contributed by atoms with van der Waals surface area (Å²) in [6, 6.07) is 4.02. The third-order valence-electron chi connectivity index (χ3n) is 4.18. The van der Waals surface area contributed by atoms with Gasteiger partial charge in [0.2, 0.25) is 5.91 Å². The van der Waals surface area contributed by atoms with Gasteiger partial charge in [-0.25, -0.2) is 0 Å². The Balaban J connectivity index is 0.00000243. The first-order chi connectivity index (χ1) is 12.1. The van der Waals surface area contributed by atoms with Gasteiger partial charge in [-0.05, 0) is 25.0 Å². The molecule has 0 spiro atoms. The molecular weight excluding hydrogens is 328 g/mol. The maximum absolute atomic E-state index is 12.9. The lowest BCUT2D eigenvalue weighted by Gasteiger charge is -2.27. The van der Waals surface area contributed by atoms with Crippen LogP contribution >= 0.6 is 0 Å². The van der Waals surface area contributed by atoms with Gasteiger partial charge in [-0.1, -0.05) is 6.07 Å². The average molecular weight is 350 g/mol. The number of carbonyl (C=O) groups is 3. The second-order valence-corrected chi connectivity index (χ2v) is 5.75. The predicted molar refractivity (Wildman–Crippen MR) is 88.4 cm³/mol. The Bertz CT molecular complexity index is 696. The van der Waals surface area contributed by atoms with E-state index in [0.29, 0.717) is 31.8 Å². The summed E-state index contributed by atoms with van der Waals surface area (Å²) >= 11 is 0. The third-order valence-corrected chi connectivity index (χ3v) is 4.18. The molecule has 0 radical (unpaired) electrons. The van der Waals surface area contributed by atoms with Crippen molar-refractivity contribution in [1.82, 2.24) is 10.2 Å². The molecule has 3 amide bonds. The summed E-state index contributed by atoms with van der Waals surface area (Å²) in [6.45, 7) is 1.16. The number of ether oxygens (including phenoxy) is 3. The van der Waals surface area contributed by atoms with Gasteiger partial charge < -0.3 is 19.5 Å². The molecule has 1 atom stereocenters. The fraction of sp³-hybridized carbons (Fsp3) is 0.471. The fourth-order valence-corrected chi connectivity index (χ4v) is 2.98. The van der Waals surface area contributed by atoms with E-state index in [1.165, 1.54) is 0 Å². The van der Waals surface area contributed by atoms with Crippen LogP contribution in [0.4, 0.5) is 0 Å². The zero-order valence-electron chi connectivity index (χ0n) is 13.9. The molecule has 8 nitrogen and oxygen atoms in total. The number of hydrogen-bond acceptors (Lipinski definition) is 6. The van der Waals surface area contributed by atoms with Crippen molar-refractivity contribution in [2.45, 2.75) is 18.9 Å². The number of rotatable bonds is 5. The largest absolute Gasteiger partial charge is 0.490 e. The summed E-state index contributed by atoms with van der Waals surface area (Å²) in [7, 11) is 1.55. The molecule has 2 aliphatic heterocycles. The van der Waals surface area contributed by atoms with Crippen molar-refractivity contribution in [3.8, 4) is 5.75 Å². The van der Waals surface area contributed by atoms with Crippen LogP contribution in [0.25, 0.3) is 0 Å². The van der Waals surface area contributed by atoms with Crippen molar-refractivity contribution >= 4 is 17.7 Å². The van der Waals surface area contributed by atoms with Crippen molar-refractivity contribution in [2.24, 2.45) is 0 Å². The van der Waals surface area contributed by atoms with Crippen LogP contribution in [0.15, 0.2) is 18.2 Å². The number of imide groups is 1. The van der Waals surface area contributed by atoms with Gasteiger partial charge in [0.1, 0.15) is 25.1 Å². The van der Waals surface area contributed by atoms with E-state index in [4.69, 9.17) is 14.2 Å². The lowest BCUT2D eigenvalue weighted by Crippen LogP contribution is -2.50. The SMILES string of the molecule is COCCOc1cccc2c1C(=O)N(C1CCCOCNC1=O)C2=O.[HH]. The maximum Gasteiger partial charge on any atom is 0.266 e. The van der Waals surface area contributed by atoms with Crippen molar-refractivity contribution < 1.29 is 30.0 Å². The van der Waals surface area contributed by atoms with Gasteiger partial charge >= 0.3 is 0 Å². The minimum atomic E-state index is -0.844. The van der Waals surface area contributed by atoms with Gasteiger partial charge in [0.05, 0.1) is 17.7 Å². The summed E-state index contributed by atoms with van der Waals surface area (Å²) in [5.74, 6) is -1.05. The van der Waals surface area contributed by atoms with Crippen molar-refractivity contribution in [2.75, 3.05) is 33.7 Å². The van der Waals surface area contributed by atoms with Crippen LogP contribution in [-0.4, -0.2) is 62.3 Å². The highest BCUT2D eigenvalue weighted by atomic mass is 16.5. The molecule has 1 aromatic carbocycles. The van der Waals surface area contributed by atoms with Crippen LogP contribution in [0, 0.1) is 0 Å². The molecular formula is C17H22N2O6. The first-order valence-corrected chi connectivity index (χ1v) is 8.13. The first kappa shape index (κ1) is 17.4. The molecule has 2 aliphatic rings. The van der Waals surface area contributed by atoms with E-state index in [0.717, 1.165) is 4.90 Å². The highest BCUT2D eigenvalue weighted by molar-refractivity contribution is 6.24. The van der Waals surface area contributed by atoms with E-state index in [1.54, 1.807) is 25.3 Å². The van der Waals surface area contributed by atoms with E-state index in [1.807, 2.05) is 0 Å². The second-order valence-electron chi connectivity index (χ2n) is 5.75. The highest BCUT2D eigenvalue weighted by Crippen LogP contribution is 2.33. The molecule has 1 saturated heterocycles. The van der Waals surface area contributed by atoms with Crippen molar-refractivity contribution in [3.63, 3.8) is 0 Å². The minimum absolute atomic E-state index is 0. The van der Waals surface area contributed by atoms with E-state index < -0.39 is 23.8 Å². The summed E-state index contributed by atoms with van der Waals surface area (Å²) in [6.07, 6.45) is 0.944. The summed E-state index contributed by atoms with van der Waals surface area (Å²) in [5, 5.41) is 2.58. The molecule has 0 aliphatic carbocycles. The van der Waals surface area contributed by atoms with Gasteiger partial charge in [0, 0.05) is 15.1 Å². The number of carbonyl (C=O) groups excluding carboxylic acids is 3. The Morgan fingerprint density at radius 1 is 1.28 bits per heavy atom. The van der Waals surface area contributed by atoms with Gasteiger partial charge in [0.15, 0.2) is 0 Å². The van der Waals surface area contributed by atoms with E-state index in [9.17, 15) is 14.4 Å². The zero-order valence-corrected chi connectivity index (χ0v) is 13.9. The second kappa shape index (κ2) is 7.62. The topological polar surface area (TPSA) is 94.2 Å². The first-order valence-electron chi connectivity index (χ1n) is 8.13. The number of methoxy groups -OCH3 is 1. The molecule has 25 heavy (non-hydrogen) atoms. The summed E-state index contributed by atoms with van der Waals surface area (Å²) in [5.41, 5.74) is 0.459. The Morgan fingerprint density at radius 2 is 2.12 bits per heavy atom. The molecule has 8 heteroatoms. The van der Waals surface area contributed by atoms with E-state index in [2.05, 4.69) is 5.32 Å². The van der Waals surface area contributed by atoms with E-state index in [-0.39, 0.29) is 25.9 Å². The molecule has 0 bridgehead atoms. The lowest BCUT2D eigenvalue weighted by atomic mass is 10.1. The fourth-order valence-electron chi connectivity index (χ4n) is 2.98. The molecule has 1 unspecified atom stereocenters. The van der Waals surface area contributed by atoms with Crippen molar-refractivity contribution in [1.29, 1.82) is 0 Å². The van der Waals surface area contributed by atoms with Gasteiger partial charge in [-0.15, -0.1) is 0 Å². The number of benzene rings is 1. The number of amides is 3. The monoisotopic (exact) mass is 350 g/mol. The molecule has 136 valence electrons. The van der Waals surface area contributed by atoms with E-state index >= 15 is 0 Å². The van der Waals surface area contributed by atoms with Crippen LogP contribution in [0.5, 0.6) is 5.75 Å². The zero-order chi connectivity index (χ0) is 17.8. The molecule has 1 N–H and O–H groups in total. The quantitative estimate of drug-likeness (QED) is 0.624. The van der Waals surface area contributed by atoms with Gasteiger partial charge in [-0.2, -0.15) is 0 Å². The number of nitrogens with zero attached hydrogens (tertiary/aromatic N) is 1. The molecule has 1 aromatic rings. The standard InChI is InChI=1S/C17H20N2O6.H2/c1-23-8-9-25-13-6-2-4-11-14(13)17(22)19(16(11)21)12-5-3-7-24-10-18-15(12)20;/h2,4,6,12H,3,5,7-10H2,1H3,(H,18,20);1H. The Labute approximate surface area is 146 Å². The predicted octanol–water partition coefficient (Wildman–Crippen LogP) is 0.806. The lowest BCUT2D eigenvalue weighted by molar-refractivity contribution is -0.128. The van der Waals surface area contributed by atoms with Crippen molar-refractivity contribution in [3.05, 3.63) is 29.3 Å². The summed E-state index contributed by atoms with van der Waals surface area (Å²) < 4.78 is 15.7. The number of nitrogens with one attached hydrogen (secondary N) is 1. The average Bonchev–Trinajstić information content (AvgIpc) is 2.84. The normalized spacial score (nSPS) is 20.8. The molecule has 0 saturated carbocycles. The Kier molecular flexibility index (Phi) is 5.30. The molecule has 3 rings (SSSR count). The minimum Gasteiger partial charge on any atom is -0.490 e. The molecule has 0 aromatic heterocycles. The maximum atomic E-state index is 12.9. The van der Waals surface area contributed by atoms with Crippen LogP contribution in [0.3, 0.4) is 0 Å².